The first kappa shape index (κ1) is 24.5. The molecule has 0 fully saturated rings. The van der Waals surface area contributed by atoms with E-state index in [-0.39, 0.29) is 0 Å². The third kappa shape index (κ3) is 14.3. The van der Waals surface area contributed by atoms with E-state index < -0.39 is 0 Å². The number of hydrogen-bond acceptors (Lipinski definition) is 0. The van der Waals surface area contributed by atoms with Gasteiger partial charge < -0.3 is 0 Å². The summed E-state index contributed by atoms with van der Waals surface area (Å²) in [6.45, 7) is 22.2. The van der Waals surface area contributed by atoms with E-state index in [1.807, 2.05) is 0 Å². The van der Waals surface area contributed by atoms with E-state index in [1.165, 1.54) is 69.8 Å². The van der Waals surface area contributed by atoms with Gasteiger partial charge in [0, 0.05) is 0 Å². The zero-order chi connectivity index (χ0) is 19.2. The first-order valence-corrected chi connectivity index (χ1v) is 11.0. The second-order valence-electron chi connectivity index (χ2n) is 9.38. The molecule has 0 rings (SSSR count). The van der Waals surface area contributed by atoms with Crippen LogP contribution in [0.2, 0.25) is 0 Å². The Balaban J connectivity index is 4.00. The van der Waals surface area contributed by atoms with Crippen LogP contribution >= 0.6 is 0 Å². The highest BCUT2D eigenvalue weighted by molar-refractivity contribution is 4.96. The Bertz CT molecular complexity index is 338. The van der Waals surface area contributed by atoms with Gasteiger partial charge in [-0.25, -0.2) is 0 Å². The van der Waals surface area contributed by atoms with Gasteiger partial charge >= 0.3 is 0 Å². The van der Waals surface area contributed by atoms with Gasteiger partial charge in [0.05, 0.1) is 0 Å². The second kappa shape index (κ2) is 14.6. The third-order valence-corrected chi connectivity index (χ3v) is 5.95. The molecule has 0 nitrogen and oxygen atoms in total. The van der Waals surface area contributed by atoms with Crippen LogP contribution in [0.1, 0.15) is 106 Å². The van der Waals surface area contributed by atoms with Gasteiger partial charge in [0.15, 0.2) is 0 Å². The summed E-state index contributed by atoms with van der Waals surface area (Å²) in [6, 6.07) is 0. The second-order valence-corrected chi connectivity index (χ2v) is 9.38. The maximum atomic E-state index is 4.28. The molecule has 0 bridgehead atoms. The minimum atomic E-state index is 0.674. The smallest absolute Gasteiger partial charge is 0.0208 e. The summed E-state index contributed by atoms with van der Waals surface area (Å²) in [5.74, 6) is 3.99. The van der Waals surface area contributed by atoms with Crippen molar-refractivity contribution in [3.8, 4) is 0 Å². The lowest BCUT2D eigenvalue weighted by Gasteiger charge is -2.22. The number of allylic oxidation sites excluding steroid dienone is 2. The van der Waals surface area contributed by atoms with Gasteiger partial charge in [-0.3, -0.25) is 0 Å². The Kier molecular flexibility index (Phi) is 14.3. The molecule has 0 aliphatic rings. The molecule has 0 aliphatic heterocycles. The molecule has 4 atom stereocenters. The lowest BCUT2D eigenvalue weighted by molar-refractivity contribution is 0.358. The van der Waals surface area contributed by atoms with E-state index in [0.717, 1.165) is 23.7 Å². The van der Waals surface area contributed by atoms with Crippen LogP contribution in [0.25, 0.3) is 0 Å². The summed E-state index contributed by atoms with van der Waals surface area (Å²) >= 11 is 0. The predicted molar refractivity (Wildman–Crippen MR) is 117 cm³/mol. The molecule has 0 spiro atoms. The van der Waals surface area contributed by atoms with Crippen LogP contribution in [0.4, 0.5) is 0 Å². The average Bonchev–Trinajstić information content (AvgIpc) is 2.53. The van der Waals surface area contributed by atoms with Crippen molar-refractivity contribution in [2.24, 2.45) is 29.6 Å². The maximum absolute atomic E-state index is 4.28. The van der Waals surface area contributed by atoms with E-state index >= 15 is 0 Å². The lowest BCUT2D eigenvalue weighted by atomic mass is 9.84. The van der Waals surface area contributed by atoms with E-state index in [2.05, 4.69) is 60.8 Å². The van der Waals surface area contributed by atoms with Gasteiger partial charge in [-0.05, 0) is 55.8 Å². The minimum absolute atomic E-state index is 0.674. The molecule has 0 aromatic carbocycles. The summed E-state index contributed by atoms with van der Waals surface area (Å²) in [6.07, 6.45) is 15.7. The Morgan fingerprint density at radius 3 is 1.60 bits per heavy atom. The quantitative estimate of drug-likeness (QED) is 0.244. The van der Waals surface area contributed by atoms with Crippen molar-refractivity contribution in [2.75, 3.05) is 0 Å². The molecule has 0 aliphatic carbocycles. The van der Waals surface area contributed by atoms with Crippen LogP contribution in [0.3, 0.4) is 0 Å². The van der Waals surface area contributed by atoms with Crippen molar-refractivity contribution in [1.82, 2.24) is 0 Å². The van der Waals surface area contributed by atoms with Crippen molar-refractivity contribution < 1.29 is 0 Å². The molecule has 0 N–H and O–H groups in total. The van der Waals surface area contributed by atoms with Crippen LogP contribution in [-0.2, 0) is 0 Å². The Morgan fingerprint density at radius 1 is 0.720 bits per heavy atom. The molecule has 0 aromatic heterocycles. The summed E-state index contributed by atoms with van der Waals surface area (Å²) in [7, 11) is 0. The largest absolute Gasteiger partial charge is 0.103 e. The Hall–Kier alpha value is -0.520. The van der Waals surface area contributed by atoms with Gasteiger partial charge in [0.2, 0.25) is 0 Å². The zero-order valence-electron chi connectivity index (χ0n) is 18.4. The van der Waals surface area contributed by atoms with E-state index in [9.17, 15) is 0 Å². The van der Waals surface area contributed by atoms with E-state index in [4.69, 9.17) is 0 Å². The average molecular weight is 349 g/mol. The van der Waals surface area contributed by atoms with E-state index in [0.29, 0.717) is 5.92 Å². The van der Waals surface area contributed by atoms with Crippen molar-refractivity contribution in [1.29, 1.82) is 0 Å². The Labute approximate surface area is 160 Å². The molecule has 0 heteroatoms. The molecular weight excluding hydrogens is 300 g/mol. The van der Waals surface area contributed by atoms with Crippen molar-refractivity contribution in [3.63, 3.8) is 0 Å². The van der Waals surface area contributed by atoms with Crippen LogP contribution in [0.15, 0.2) is 24.8 Å². The summed E-state index contributed by atoms with van der Waals surface area (Å²) < 4.78 is 0. The van der Waals surface area contributed by atoms with Gasteiger partial charge in [-0.1, -0.05) is 97.8 Å². The van der Waals surface area contributed by atoms with Gasteiger partial charge in [0.25, 0.3) is 0 Å². The maximum Gasteiger partial charge on any atom is -0.0208 e. The molecule has 25 heavy (non-hydrogen) atoms. The highest BCUT2D eigenvalue weighted by atomic mass is 14.2. The predicted octanol–water partition coefficient (Wildman–Crippen LogP) is 8.83. The van der Waals surface area contributed by atoms with Crippen molar-refractivity contribution in [2.45, 2.75) is 106 Å². The fraction of sp³-hybridized carbons (Fsp3) is 0.840. The highest BCUT2D eigenvalue weighted by Gasteiger charge is 2.14. The minimum Gasteiger partial charge on any atom is -0.103 e. The normalized spacial score (nSPS) is 16.4. The first-order chi connectivity index (χ1) is 11.8. The lowest BCUT2D eigenvalue weighted by Crippen LogP contribution is -2.08. The Morgan fingerprint density at radius 2 is 1.20 bits per heavy atom. The molecule has 0 aromatic rings. The standard InChI is InChI=1S/C25H48/c1-9-22(6)13-11-15-24(8)17-19-25(21(4)5)18-16-23(7)14-10-12-20(2)3/h9,20,22-25H,1,4,10-19H2,2-3,5-8H3. The van der Waals surface area contributed by atoms with Crippen LogP contribution < -0.4 is 0 Å². The van der Waals surface area contributed by atoms with Crippen LogP contribution in [-0.4, -0.2) is 0 Å². The fourth-order valence-corrected chi connectivity index (χ4v) is 3.68. The monoisotopic (exact) mass is 348 g/mol. The highest BCUT2D eigenvalue weighted by Crippen LogP contribution is 2.28. The topological polar surface area (TPSA) is 0 Å². The molecule has 0 heterocycles. The molecule has 0 radical (unpaired) electrons. The molecule has 0 saturated carbocycles. The van der Waals surface area contributed by atoms with E-state index in [1.54, 1.807) is 0 Å². The fourth-order valence-electron chi connectivity index (χ4n) is 3.68. The molecule has 4 unspecified atom stereocenters. The van der Waals surface area contributed by atoms with Crippen LogP contribution in [0.5, 0.6) is 0 Å². The first-order valence-electron chi connectivity index (χ1n) is 11.0. The third-order valence-electron chi connectivity index (χ3n) is 5.95. The molecule has 0 amide bonds. The summed E-state index contributed by atoms with van der Waals surface area (Å²) in [5.41, 5.74) is 1.40. The molecular formula is C25H48. The van der Waals surface area contributed by atoms with Crippen molar-refractivity contribution >= 4 is 0 Å². The number of rotatable bonds is 16. The summed E-state index contributed by atoms with van der Waals surface area (Å²) in [5, 5.41) is 0. The molecule has 148 valence electrons. The van der Waals surface area contributed by atoms with Gasteiger partial charge in [-0.15, -0.1) is 6.58 Å². The molecule has 0 saturated heterocycles. The SMILES string of the molecule is C=CC(C)CCCC(C)CCC(CCC(C)CCCC(C)C)C(=C)C. The van der Waals surface area contributed by atoms with Crippen LogP contribution in [0, 0.1) is 29.6 Å². The summed E-state index contributed by atoms with van der Waals surface area (Å²) in [4.78, 5) is 0. The number of hydrogen-bond donors (Lipinski definition) is 0. The van der Waals surface area contributed by atoms with Gasteiger partial charge in [-0.2, -0.15) is 0 Å². The zero-order valence-corrected chi connectivity index (χ0v) is 18.4. The van der Waals surface area contributed by atoms with Crippen molar-refractivity contribution in [3.05, 3.63) is 24.8 Å². The van der Waals surface area contributed by atoms with Gasteiger partial charge in [0.1, 0.15) is 0 Å².